The number of ether oxygens (including phenoxy) is 1. The Morgan fingerprint density at radius 2 is 2.00 bits per heavy atom. The molecule has 21 heavy (non-hydrogen) atoms. The number of hydrogen-bond donors (Lipinski definition) is 1. The van der Waals surface area contributed by atoms with Crippen LogP contribution in [0.25, 0.3) is 0 Å². The highest BCUT2D eigenvalue weighted by atomic mass is 35.5. The molecule has 1 saturated heterocycles. The molecule has 1 aliphatic rings. The van der Waals surface area contributed by atoms with Gasteiger partial charge in [0, 0.05) is 13.1 Å². The number of hydrogen-bond acceptors (Lipinski definition) is 3. The monoisotopic (exact) mass is 311 g/mol. The molecule has 2 rings (SSSR count). The summed E-state index contributed by atoms with van der Waals surface area (Å²) in [6.45, 7) is 3.30. The average Bonchev–Trinajstić information content (AvgIpc) is 2.77. The Labute approximate surface area is 130 Å². The lowest BCUT2D eigenvalue weighted by atomic mass is 10.2. The van der Waals surface area contributed by atoms with E-state index >= 15 is 0 Å². The van der Waals surface area contributed by atoms with E-state index in [1.165, 1.54) is 12.8 Å². The lowest BCUT2D eigenvalue weighted by molar-refractivity contribution is -0.137. The first kappa shape index (κ1) is 16.1. The molecule has 116 valence electrons. The van der Waals surface area contributed by atoms with E-state index in [9.17, 15) is 4.79 Å². The Morgan fingerprint density at radius 3 is 2.57 bits per heavy atom. The third-order valence-corrected chi connectivity index (χ3v) is 4.04. The van der Waals surface area contributed by atoms with Crippen LogP contribution < -0.4 is 4.74 Å². The van der Waals surface area contributed by atoms with Gasteiger partial charge in [0.1, 0.15) is 5.75 Å². The van der Waals surface area contributed by atoms with E-state index in [1.54, 1.807) is 25.1 Å². The maximum absolute atomic E-state index is 12.4. The Balaban J connectivity index is 1.99. The molecule has 0 spiro atoms. The molecule has 1 unspecified atom stereocenters. The Hall–Kier alpha value is -1.26. The quantitative estimate of drug-likeness (QED) is 0.930. The molecule has 1 atom stereocenters. The number of rotatable bonds is 4. The molecule has 0 aromatic heterocycles. The first-order valence-electron chi connectivity index (χ1n) is 7.46. The molecule has 4 nitrogen and oxygen atoms in total. The van der Waals surface area contributed by atoms with E-state index < -0.39 is 6.10 Å². The lowest BCUT2D eigenvalue weighted by Crippen LogP contribution is -2.41. The summed E-state index contributed by atoms with van der Waals surface area (Å²) < 4.78 is 5.70. The van der Waals surface area contributed by atoms with Crippen LogP contribution >= 0.6 is 11.6 Å². The third-order valence-electron chi connectivity index (χ3n) is 3.75. The summed E-state index contributed by atoms with van der Waals surface area (Å²) in [6, 6.07) is 5.09. The van der Waals surface area contributed by atoms with Gasteiger partial charge in [-0.05, 0) is 37.5 Å². The predicted molar refractivity (Wildman–Crippen MR) is 82.5 cm³/mol. The van der Waals surface area contributed by atoms with Crippen LogP contribution in [-0.2, 0) is 11.4 Å². The van der Waals surface area contributed by atoms with Gasteiger partial charge < -0.3 is 14.7 Å². The van der Waals surface area contributed by atoms with Gasteiger partial charge in [-0.25, -0.2) is 0 Å². The number of halogens is 1. The van der Waals surface area contributed by atoms with Crippen LogP contribution in [0.2, 0.25) is 5.02 Å². The smallest absolute Gasteiger partial charge is 0.263 e. The van der Waals surface area contributed by atoms with Crippen molar-refractivity contribution in [3.63, 3.8) is 0 Å². The van der Waals surface area contributed by atoms with Crippen LogP contribution in [0.5, 0.6) is 5.75 Å². The van der Waals surface area contributed by atoms with Gasteiger partial charge in [-0.2, -0.15) is 0 Å². The van der Waals surface area contributed by atoms with Crippen molar-refractivity contribution in [2.45, 2.75) is 45.3 Å². The van der Waals surface area contributed by atoms with Crippen LogP contribution in [0, 0.1) is 0 Å². The minimum absolute atomic E-state index is 0.0131. The molecular formula is C16H22ClNO3. The largest absolute Gasteiger partial charge is 0.479 e. The molecule has 0 saturated carbocycles. The molecule has 1 heterocycles. The number of nitrogens with zero attached hydrogens (tertiary/aromatic N) is 1. The summed E-state index contributed by atoms with van der Waals surface area (Å²) in [5.74, 6) is 0.490. The molecule has 0 radical (unpaired) electrons. The van der Waals surface area contributed by atoms with E-state index in [4.69, 9.17) is 21.4 Å². The molecule has 1 aromatic carbocycles. The van der Waals surface area contributed by atoms with Crippen molar-refractivity contribution in [2.24, 2.45) is 0 Å². The number of aliphatic hydroxyl groups is 1. The minimum atomic E-state index is -0.555. The molecule has 1 N–H and O–H groups in total. The number of amides is 1. The summed E-state index contributed by atoms with van der Waals surface area (Å²) >= 11 is 6.11. The van der Waals surface area contributed by atoms with Crippen molar-refractivity contribution in [1.82, 2.24) is 4.90 Å². The second-order valence-electron chi connectivity index (χ2n) is 5.42. The van der Waals surface area contributed by atoms with Crippen molar-refractivity contribution in [2.75, 3.05) is 13.1 Å². The van der Waals surface area contributed by atoms with E-state index in [0.717, 1.165) is 31.5 Å². The van der Waals surface area contributed by atoms with Gasteiger partial charge in [0.25, 0.3) is 5.91 Å². The molecule has 0 aliphatic carbocycles. The standard InChI is InChI=1S/C16H22ClNO3/c1-12(16(20)18-8-4-2-3-5-9-18)21-15-7-6-13(11-19)10-14(15)17/h6-7,10,12,19H,2-5,8-9,11H2,1H3. The van der Waals surface area contributed by atoms with E-state index in [2.05, 4.69) is 0 Å². The molecular weight excluding hydrogens is 290 g/mol. The van der Waals surface area contributed by atoms with Crippen LogP contribution in [0.3, 0.4) is 0 Å². The predicted octanol–water partition coefficient (Wildman–Crippen LogP) is 3.00. The molecule has 1 aromatic rings. The van der Waals surface area contributed by atoms with Crippen molar-refractivity contribution < 1.29 is 14.6 Å². The zero-order chi connectivity index (χ0) is 15.2. The van der Waals surface area contributed by atoms with Gasteiger partial charge in [0.2, 0.25) is 0 Å². The van der Waals surface area contributed by atoms with Gasteiger partial charge in [-0.3, -0.25) is 4.79 Å². The summed E-state index contributed by atoms with van der Waals surface area (Å²) in [5, 5.41) is 9.47. The van der Waals surface area contributed by atoms with Gasteiger partial charge in [0.05, 0.1) is 11.6 Å². The van der Waals surface area contributed by atoms with Crippen LogP contribution in [0.4, 0.5) is 0 Å². The molecule has 1 amide bonds. The summed E-state index contributed by atoms with van der Waals surface area (Å²) in [5.41, 5.74) is 0.721. The number of carbonyl (C=O) groups excluding carboxylic acids is 1. The molecule has 5 heteroatoms. The maximum atomic E-state index is 12.4. The fraction of sp³-hybridized carbons (Fsp3) is 0.562. The van der Waals surface area contributed by atoms with Gasteiger partial charge in [-0.15, -0.1) is 0 Å². The topological polar surface area (TPSA) is 49.8 Å². The maximum Gasteiger partial charge on any atom is 0.263 e. The van der Waals surface area contributed by atoms with E-state index in [-0.39, 0.29) is 12.5 Å². The Kier molecular flexibility index (Phi) is 5.88. The highest BCUT2D eigenvalue weighted by Gasteiger charge is 2.23. The second kappa shape index (κ2) is 7.66. The van der Waals surface area contributed by atoms with Crippen molar-refractivity contribution in [3.8, 4) is 5.75 Å². The minimum Gasteiger partial charge on any atom is -0.479 e. The lowest BCUT2D eigenvalue weighted by Gasteiger charge is -2.24. The second-order valence-corrected chi connectivity index (χ2v) is 5.83. The number of likely N-dealkylation sites (tertiary alicyclic amines) is 1. The van der Waals surface area contributed by atoms with Crippen molar-refractivity contribution >= 4 is 17.5 Å². The first-order chi connectivity index (χ1) is 10.1. The van der Waals surface area contributed by atoms with Gasteiger partial charge in [0.15, 0.2) is 6.10 Å². The zero-order valence-electron chi connectivity index (χ0n) is 12.3. The molecule has 1 aliphatic heterocycles. The molecule has 1 fully saturated rings. The van der Waals surface area contributed by atoms with Crippen molar-refractivity contribution in [1.29, 1.82) is 0 Å². The zero-order valence-corrected chi connectivity index (χ0v) is 13.1. The SMILES string of the molecule is CC(Oc1ccc(CO)cc1Cl)C(=O)N1CCCCCC1. The van der Waals surface area contributed by atoms with Crippen LogP contribution in [0.1, 0.15) is 38.2 Å². The Bertz CT molecular complexity index is 484. The van der Waals surface area contributed by atoms with E-state index in [0.29, 0.717) is 10.8 Å². The van der Waals surface area contributed by atoms with Crippen LogP contribution in [-0.4, -0.2) is 35.1 Å². The van der Waals surface area contributed by atoms with Gasteiger partial charge >= 0.3 is 0 Å². The summed E-state index contributed by atoms with van der Waals surface area (Å²) in [7, 11) is 0. The van der Waals surface area contributed by atoms with E-state index in [1.807, 2.05) is 4.90 Å². The highest BCUT2D eigenvalue weighted by Crippen LogP contribution is 2.27. The normalized spacial score (nSPS) is 17.2. The fourth-order valence-corrected chi connectivity index (χ4v) is 2.77. The van der Waals surface area contributed by atoms with Crippen LogP contribution in [0.15, 0.2) is 18.2 Å². The van der Waals surface area contributed by atoms with Crippen molar-refractivity contribution in [3.05, 3.63) is 28.8 Å². The third kappa shape index (κ3) is 4.35. The molecule has 0 bridgehead atoms. The fourth-order valence-electron chi connectivity index (χ4n) is 2.53. The number of benzene rings is 1. The Morgan fingerprint density at radius 1 is 1.33 bits per heavy atom. The first-order valence-corrected chi connectivity index (χ1v) is 7.84. The summed E-state index contributed by atoms with van der Waals surface area (Å²) in [6.07, 6.45) is 3.94. The highest BCUT2D eigenvalue weighted by molar-refractivity contribution is 6.32. The summed E-state index contributed by atoms with van der Waals surface area (Å²) in [4.78, 5) is 14.3. The van der Waals surface area contributed by atoms with Gasteiger partial charge in [-0.1, -0.05) is 30.5 Å². The number of aliphatic hydroxyl groups excluding tert-OH is 1. The average molecular weight is 312 g/mol. The number of carbonyl (C=O) groups is 1.